The van der Waals surface area contributed by atoms with Gasteiger partial charge in [-0.15, -0.1) is 0 Å². The molecule has 166 valence electrons. The molecule has 0 unspecified atom stereocenters. The van der Waals surface area contributed by atoms with Gasteiger partial charge in [-0.2, -0.15) is 5.26 Å². The molecular weight excluding hydrogens is 402 g/mol. The van der Waals surface area contributed by atoms with Gasteiger partial charge in [0.25, 0.3) is 5.91 Å². The molecule has 2 aromatic carbocycles. The van der Waals surface area contributed by atoms with Crippen molar-refractivity contribution in [1.29, 1.82) is 5.26 Å². The van der Waals surface area contributed by atoms with Crippen molar-refractivity contribution in [3.8, 4) is 17.6 Å². The highest BCUT2D eigenvalue weighted by molar-refractivity contribution is 6.05. The van der Waals surface area contributed by atoms with Crippen molar-refractivity contribution in [2.24, 2.45) is 0 Å². The molecule has 0 saturated carbocycles. The highest BCUT2D eigenvalue weighted by atomic mass is 16.5. The number of benzene rings is 2. The molecule has 6 nitrogen and oxygen atoms in total. The highest BCUT2D eigenvalue weighted by Crippen LogP contribution is 2.39. The number of ether oxygens (including phenoxy) is 2. The Labute approximate surface area is 189 Å². The Kier molecular flexibility index (Phi) is 7.08. The van der Waals surface area contributed by atoms with E-state index in [0.29, 0.717) is 30.2 Å². The van der Waals surface area contributed by atoms with Crippen LogP contribution in [0, 0.1) is 11.3 Å². The number of methoxy groups -OCH3 is 1. The lowest BCUT2D eigenvalue weighted by molar-refractivity contribution is -0.114. The van der Waals surface area contributed by atoms with Crippen LogP contribution >= 0.6 is 0 Å². The van der Waals surface area contributed by atoms with Crippen molar-refractivity contribution in [2.45, 2.75) is 25.7 Å². The molecule has 2 aromatic rings. The SMILES string of the molecule is COc1cc2c(cc1OCCN1CCCCC1)N(C(=O)/C=C/c1ccccc1C#N)CC2. The molecule has 1 fully saturated rings. The van der Waals surface area contributed by atoms with Crippen LogP contribution < -0.4 is 14.4 Å². The second-order valence-corrected chi connectivity index (χ2v) is 8.15. The smallest absolute Gasteiger partial charge is 0.251 e. The number of likely N-dealkylation sites (tertiary alicyclic amines) is 1. The van der Waals surface area contributed by atoms with E-state index in [-0.39, 0.29) is 5.91 Å². The van der Waals surface area contributed by atoms with Crippen LogP contribution in [0.15, 0.2) is 42.5 Å². The normalized spacial score (nSPS) is 16.1. The van der Waals surface area contributed by atoms with Gasteiger partial charge in [-0.25, -0.2) is 0 Å². The topological polar surface area (TPSA) is 65.8 Å². The molecule has 1 saturated heterocycles. The van der Waals surface area contributed by atoms with Gasteiger partial charge in [0.2, 0.25) is 0 Å². The Morgan fingerprint density at radius 2 is 1.94 bits per heavy atom. The summed E-state index contributed by atoms with van der Waals surface area (Å²) < 4.78 is 11.6. The summed E-state index contributed by atoms with van der Waals surface area (Å²) in [5, 5.41) is 9.25. The molecule has 0 N–H and O–H groups in total. The zero-order chi connectivity index (χ0) is 22.3. The largest absolute Gasteiger partial charge is 0.493 e. The fourth-order valence-electron chi connectivity index (χ4n) is 4.36. The lowest BCUT2D eigenvalue weighted by Crippen LogP contribution is -2.33. The number of rotatable bonds is 7. The molecule has 0 aliphatic carbocycles. The third-order valence-electron chi connectivity index (χ3n) is 6.13. The number of hydrogen-bond donors (Lipinski definition) is 0. The van der Waals surface area contributed by atoms with E-state index in [1.165, 1.54) is 25.3 Å². The van der Waals surface area contributed by atoms with E-state index >= 15 is 0 Å². The second kappa shape index (κ2) is 10.3. The van der Waals surface area contributed by atoms with Crippen LogP contribution in [0.25, 0.3) is 6.08 Å². The van der Waals surface area contributed by atoms with Crippen LogP contribution in [0.5, 0.6) is 11.5 Å². The second-order valence-electron chi connectivity index (χ2n) is 8.15. The van der Waals surface area contributed by atoms with Gasteiger partial charge in [-0.3, -0.25) is 9.69 Å². The number of nitrogens with zero attached hydrogens (tertiary/aromatic N) is 3. The lowest BCUT2D eigenvalue weighted by atomic mass is 10.1. The number of nitriles is 1. The Bertz CT molecular complexity index is 1040. The summed E-state index contributed by atoms with van der Waals surface area (Å²) in [6.45, 7) is 4.36. The van der Waals surface area contributed by atoms with Crippen LogP contribution in [0.3, 0.4) is 0 Å². The van der Waals surface area contributed by atoms with Crippen molar-refractivity contribution in [2.75, 3.05) is 44.8 Å². The molecular formula is C26H29N3O3. The molecule has 0 spiro atoms. The molecule has 1 amide bonds. The van der Waals surface area contributed by atoms with E-state index in [9.17, 15) is 10.1 Å². The monoisotopic (exact) mass is 431 g/mol. The molecule has 6 heteroatoms. The zero-order valence-electron chi connectivity index (χ0n) is 18.5. The van der Waals surface area contributed by atoms with Crippen LogP contribution in [0.2, 0.25) is 0 Å². The lowest BCUT2D eigenvalue weighted by Gasteiger charge is -2.26. The van der Waals surface area contributed by atoms with E-state index in [4.69, 9.17) is 9.47 Å². The van der Waals surface area contributed by atoms with Crippen LogP contribution in [-0.2, 0) is 11.2 Å². The third-order valence-corrected chi connectivity index (χ3v) is 6.13. The fourth-order valence-corrected chi connectivity index (χ4v) is 4.36. The summed E-state index contributed by atoms with van der Waals surface area (Å²) in [5.74, 6) is 1.26. The first kappa shape index (κ1) is 21.9. The van der Waals surface area contributed by atoms with E-state index in [0.717, 1.165) is 42.9 Å². The Morgan fingerprint density at radius 3 is 2.72 bits per heavy atom. The predicted octanol–water partition coefficient (Wildman–Crippen LogP) is 4.03. The van der Waals surface area contributed by atoms with Crippen molar-refractivity contribution >= 4 is 17.7 Å². The van der Waals surface area contributed by atoms with E-state index in [1.54, 1.807) is 24.2 Å². The number of carbonyl (C=O) groups is 1. The van der Waals surface area contributed by atoms with Crippen LogP contribution in [0.1, 0.15) is 36.0 Å². The van der Waals surface area contributed by atoms with Gasteiger partial charge < -0.3 is 14.4 Å². The number of fused-ring (bicyclic) bond motifs is 1. The maximum absolute atomic E-state index is 12.9. The standard InChI is InChI=1S/C26H29N3O3/c1-31-24-17-21-11-14-29(26(30)10-9-20-7-3-4-8-22(20)19-27)23(21)18-25(24)32-16-15-28-12-5-2-6-13-28/h3-4,7-10,17-18H,2,5-6,11-16H2,1H3/b10-9+. The Hall–Kier alpha value is -3.30. The third kappa shape index (κ3) is 4.95. The minimum Gasteiger partial charge on any atom is -0.493 e. The first-order valence-corrected chi connectivity index (χ1v) is 11.2. The average Bonchev–Trinajstić information content (AvgIpc) is 3.25. The number of amides is 1. The molecule has 32 heavy (non-hydrogen) atoms. The van der Waals surface area contributed by atoms with Gasteiger partial charge in [0.15, 0.2) is 11.5 Å². The summed E-state index contributed by atoms with van der Waals surface area (Å²) in [7, 11) is 1.65. The molecule has 0 radical (unpaired) electrons. The molecule has 2 heterocycles. The number of piperidine rings is 1. The Balaban J connectivity index is 1.47. The predicted molar refractivity (Wildman–Crippen MR) is 125 cm³/mol. The van der Waals surface area contributed by atoms with Crippen molar-refractivity contribution < 1.29 is 14.3 Å². The maximum atomic E-state index is 12.9. The van der Waals surface area contributed by atoms with Gasteiger partial charge in [0.05, 0.1) is 24.4 Å². The summed E-state index contributed by atoms with van der Waals surface area (Å²) in [6.07, 6.45) is 7.84. The van der Waals surface area contributed by atoms with Crippen molar-refractivity contribution in [3.05, 3.63) is 59.2 Å². The molecule has 0 aromatic heterocycles. The average molecular weight is 432 g/mol. The highest BCUT2D eigenvalue weighted by Gasteiger charge is 2.26. The summed E-state index contributed by atoms with van der Waals surface area (Å²) in [4.78, 5) is 17.1. The van der Waals surface area contributed by atoms with Crippen molar-refractivity contribution in [1.82, 2.24) is 4.90 Å². The van der Waals surface area contributed by atoms with Crippen LogP contribution in [-0.4, -0.2) is 50.7 Å². The number of hydrogen-bond acceptors (Lipinski definition) is 5. The number of anilines is 1. The fraction of sp³-hybridized carbons (Fsp3) is 0.385. The minimum absolute atomic E-state index is 0.110. The number of carbonyl (C=O) groups excluding carboxylic acids is 1. The first-order chi connectivity index (χ1) is 15.7. The van der Waals surface area contributed by atoms with Gasteiger partial charge in [-0.1, -0.05) is 24.6 Å². The molecule has 2 aliphatic heterocycles. The van der Waals surface area contributed by atoms with Gasteiger partial charge >= 0.3 is 0 Å². The minimum atomic E-state index is -0.110. The van der Waals surface area contributed by atoms with Gasteiger partial charge in [0.1, 0.15) is 6.61 Å². The zero-order valence-corrected chi connectivity index (χ0v) is 18.5. The first-order valence-electron chi connectivity index (χ1n) is 11.2. The van der Waals surface area contributed by atoms with Crippen LogP contribution in [0.4, 0.5) is 5.69 Å². The van der Waals surface area contributed by atoms with Crippen molar-refractivity contribution in [3.63, 3.8) is 0 Å². The summed E-state index contributed by atoms with van der Waals surface area (Å²) in [6, 6.07) is 13.3. The van der Waals surface area contributed by atoms with E-state index < -0.39 is 0 Å². The molecule has 0 atom stereocenters. The van der Waals surface area contributed by atoms with E-state index in [2.05, 4.69) is 11.0 Å². The summed E-state index contributed by atoms with van der Waals surface area (Å²) in [5.41, 5.74) is 3.22. The Morgan fingerprint density at radius 1 is 1.12 bits per heavy atom. The molecule has 0 bridgehead atoms. The van der Waals surface area contributed by atoms with Gasteiger partial charge in [0, 0.05) is 25.2 Å². The molecule has 4 rings (SSSR count). The molecule has 2 aliphatic rings. The quantitative estimate of drug-likeness (QED) is 0.619. The van der Waals surface area contributed by atoms with Gasteiger partial charge in [-0.05, 0) is 61.7 Å². The maximum Gasteiger partial charge on any atom is 0.251 e. The summed E-state index contributed by atoms with van der Waals surface area (Å²) >= 11 is 0. The van der Waals surface area contributed by atoms with E-state index in [1.807, 2.05) is 30.3 Å².